The highest BCUT2D eigenvalue weighted by Crippen LogP contribution is 2.41. The Bertz CT molecular complexity index is 681. The van der Waals surface area contributed by atoms with Crippen molar-refractivity contribution < 1.29 is 23.8 Å². The number of hydrogen-bond donors (Lipinski definition) is 0. The van der Waals surface area contributed by atoms with E-state index in [-0.39, 0.29) is 18.0 Å². The predicted octanol–water partition coefficient (Wildman–Crippen LogP) is 4.47. The third-order valence-corrected chi connectivity index (χ3v) is 5.32. The topological polar surface area (TPSA) is 61.8 Å². The molecule has 0 unspecified atom stereocenters. The largest absolute Gasteiger partial charge is 0.458 e. The summed E-state index contributed by atoms with van der Waals surface area (Å²) in [6.07, 6.45) is -0.992. The normalized spacial score (nSPS) is 28.1. The predicted molar refractivity (Wildman–Crippen MR) is 103 cm³/mol. The van der Waals surface area contributed by atoms with Gasteiger partial charge >= 0.3 is 11.9 Å². The van der Waals surface area contributed by atoms with E-state index in [9.17, 15) is 9.59 Å². The Kier molecular flexibility index (Phi) is 7.04. The monoisotopic (exact) mass is 376 g/mol. The van der Waals surface area contributed by atoms with Gasteiger partial charge in [-0.05, 0) is 36.0 Å². The van der Waals surface area contributed by atoms with E-state index in [1.165, 1.54) is 19.4 Å². The number of carbonyl (C=O) groups is 2. The number of benzene rings is 1. The lowest BCUT2D eigenvalue weighted by Crippen LogP contribution is -2.53. The summed E-state index contributed by atoms with van der Waals surface area (Å²) in [7, 11) is 0. The molecule has 0 N–H and O–H groups in total. The number of rotatable bonds is 5. The van der Waals surface area contributed by atoms with E-state index in [1.807, 2.05) is 26.8 Å². The molecule has 5 nitrogen and oxygen atoms in total. The molecule has 1 fully saturated rings. The van der Waals surface area contributed by atoms with Crippen molar-refractivity contribution in [3.05, 3.63) is 34.9 Å². The van der Waals surface area contributed by atoms with E-state index < -0.39 is 24.3 Å². The van der Waals surface area contributed by atoms with Gasteiger partial charge in [0.1, 0.15) is 12.2 Å². The van der Waals surface area contributed by atoms with Gasteiger partial charge in [-0.2, -0.15) is 0 Å². The molecular formula is C22H32O5. The van der Waals surface area contributed by atoms with Gasteiger partial charge in [-0.15, -0.1) is 0 Å². The number of hydrogen-bond acceptors (Lipinski definition) is 5. The Labute approximate surface area is 162 Å². The Morgan fingerprint density at radius 1 is 1.11 bits per heavy atom. The summed E-state index contributed by atoms with van der Waals surface area (Å²) in [6.45, 7) is 13.1. The van der Waals surface area contributed by atoms with Gasteiger partial charge in [0.05, 0.1) is 6.10 Å². The van der Waals surface area contributed by atoms with E-state index in [1.54, 1.807) is 0 Å². The van der Waals surface area contributed by atoms with Crippen LogP contribution in [0.5, 0.6) is 0 Å². The fraction of sp³-hybridized carbons (Fsp3) is 0.636. The maximum absolute atomic E-state index is 11.8. The molecule has 0 aliphatic carbocycles. The van der Waals surface area contributed by atoms with Crippen molar-refractivity contribution >= 4 is 11.9 Å². The number of aryl methyl sites for hydroxylation is 1. The van der Waals surface area contributed by atoms with Crippen molar-refractivity contribution in [1.82, 2.24) is 0 Å². The van der Waals surface area contributed by atoms with Crippen LogP contribution >= 0.6 is 0 Å². The molecule has 1 aliphatic heterocycles. The summed E-state index contributed by atoms with van der Waals surface area (Å²) in [6, 6.07) is 6.27. The first kappa shape index (κ1) is 21.4. The molecule has 0 amide bonds. The van der Waals surface area contributed by atoms with Gasteiger partial charge in [0.2, 0.25) is 0 Å². The molecule has 0 saturated carbocycles. The van der Waals surface area contributed by atoms with Crippen molar-refractivity contribution in [2.45, 2.75) is 85.2 Å². The molecule has 150 valence electrons. The van der Waals surface area contributed by atoms with Crippen molar-refractivity contribution in [1.29, 1.82) is 0 Å². The van der Waals surface area contributed by atoms with Crippen LogP contribution in [0.2, 0.25) is 0 Å². The smallest absolute Gasteiger partial charge is 0.303 e. The van der Waals surface area contributed by atoms with Crippen molar-refractivity contribution in [2.24, 2.45) is 5.92 Å². The first-order valence-electron chi connectivity index (χ1n) is 9.76. The SMILES string of the molecule is CC[C@H]1O[C@@H](c2ccc(C(C)C)cc2C)[C@H](OC(C)=O)[C@@H](OC(C)=O)[C@@H]1C. The zero-order chi connectivity index (χ0) is 20.3. The van der Waals surface area contributed by atoms with E-state index in [0.29, 0.717) is 5.92 Å². The van der Waals surface area contributed by atoms with Crippen LogP contribution in [-0.4, -0.2) is 30.3 Å². The van der Waals surface area contributed by atoms with Crippen LogP contribution in [0.4, 0.5) is 0 Å². The van der Waals surface area contributed by atoms with Gasteiger partial charge in [-0.3, -0.25) is 9.59 Å². The third-order valence-electron chi connectivity index (χ3n) is 5.32. The van der Waals surface area contributed by atoms with Crippen LogP contribution < -0.4 is 0 Å². The Morgan fingerprint density at radius 3 is 2.19 bits per heavy atom. The summed E-state index contributed by atoms with van der Waals surface area (Å²) < 4.78 is 17.6. The quantitative estimate of drug-likeness (QED) is 0.710. The molecule has 0 aromatic heterocycles. The van der Waals surface area contributed by atoms with E-state index in [4.69, 9.17) is 14.2 Å². The summed E-state index contributed by atoms with van der Waals surface area (Å²) in [4.78, 5) is 23.5. The highest BCUT2D eigenvalue weighted by Gasteiger charge is 2.48. The van der Waals surface area contributed by atoms with Gasteiger partial charge in [0.25, 0.3) is 0 Å². The molecular weight excluding hydrogens is 344 g/mol. The minimum Gasteiger partial charge on any atom is -0.458 e. The van der Waals surface area contributed by atoms with E-state index in [0.717, 1.165) is 17.5 Å². The van der Waals surface area contributed by atoms with Crippen LogP contribution in [-0.2, 0) is 23.8 Å². The van der Waals surface area contributed by atoms with Crippen molar-refractivity contribution in [3.63, 3.8) is 0 Å². The third kappa shape index (κ3) is 4.89. The standard InChI is InChI=1S/C22H32O5/c1-8-19-14(5)20(25-15(6)23)22(26-16(7)24)21(27-19)18-10-9-17(12(2)3)11-13(18)4/h9-12,14,19-22H,8H2,1-7H3/t14-,19-,20+,21+,22-/m1/s1. The summed E-state index contributed by atoms with van der Waals surface area (Å²) in [5.74, 6) is -0.447. The number of esters is 2. The lowest BCUT2D eigenvalue weighted by atomic mass is 9.83. The lowest BCUT2D eigenvalue weighted by molar-refractivity contribution is -0.225. The van der Waals surface area contributed by atoms with Gasteiger partial charge in [-0.1, -0.05) is 45.9 Å². The molecule has 1 heterocycles. The highest BCUT2D eigenvalue weighted by atomic mass is 16.6. The highest BCUT2D eigenvalue weighted by molar-refractivity contribution is 5.67. The second-order valence-electron chi connectivity index (χ2n) is 7.78. The maximum atomic E-state index is 11.8. The molecule has 0 radical (unpaired) electrons. The minimum absolute atomic E-state index is 0.0743. The zero-order valence-corrected chi connectivity index (χ0v) is 17.4. The fourth-order valence-corrected chi connectivity index (χ4v) is 3.85. The molecule has 1 saturated heterocycles. The molecule has 0 bridgehead atoms. The Balaban J connectivity index is 2.49. The van der Waals surface area contributed by atoms with Gasteiger partial charge in [-0.25, -0.2) is 0 Å². The summed E-state index contributed by atoms with van der Waals surface area (Å²) in [5, 5.41) is 0. The average molecular weight is 376 g/mol. The average Bonchev–Trinajstić information content (AvgIpc) is 2.58. The minimum atomic E-state index is -0.673. The van der Waals surface area contributed by atoms with Crippen molar-refractivity contribution in [3.8, 4) is 0 Å². The molecule has 5 heteroatoms. The van der Waals surface area contributed by atoms with Crippen molar-refractivity contribution in [2.75, 3.05) is 0 Å². The second-order valence-corrected chi connectivity index (χ2v) is 7.78. The summed E-state index contributed by atoms with van der Waals surface area (Å²) >= 11 is 0. The van der Waals surface area contributed by atoms with Crippen LogP contribution in [0.3, 0.4) is 0 Å². The van der Waals surface area contributed by atoms with Gasteiger partial charge in [0.15, 0.2) is 6.10 Å². The fourth-order valence-electron chi connectivity index (χ4n) is 3.85. The molecule has 0 spiro atoms. The van der Waals surface area contributed by atoms with Gasteiger partial charge in [0, 0.05) is 19.8 Å². The Hall–Kier alpha value is -1.88. The van der Waals surface area contributed by atoms with Gasteiger partial charge < -0.3 is 14.2 Å². The molecule has 2 rings (SSSR count). The molecule has 1 aromatic carbocycles. The Morgan fingerprint density at radius 2 is 1.70 bits per heavy atom. The first-order chi connectivity index (χ1) is 12.6. The van der Waals surface area contributed by atoms with E-state index in [2.05, 4.69) is 26.0 Å². The van der Waals surface area contributed by atoms with Crippen LogP contribution in [0.1, 0.15) is 76.7 Å². The number of carbonyl (C=O) groups excluding carboxylic acids is 2. The van der Waals surface area contributed by atoms with Crippen LogP contribution in [0.25, 0.3) is 0 Å². The second kappa shape index (κ2) is 8.87. The molecule has 1 aromatic rings. The molecule has 5 atom stereocenters. The lowest BCUT2D eigenvalue weighted by Gasteiger charge is -2.45. The summed E-state index contributed by atoms with van der Waals surface area (Å²) in [5.41, 5.74) is 3.29. The maximum Gasteiger partial charge on any atom is 0.303 e. The zero-order valence-electron chi connectivity index (χ0n) is 17.4. The van der Waals surface area contributed by atoms with E-state index >= 15 is 0 Å². The first-order valence-corrected chi connectivity index (χ1v) is 9.76. The molecule has 1 aliphatic rings. The van der Waals surface area contributed by atoms with Crippen LogP contribution in [0.15, 0.2) is 18.2 Å². The number of ether oxygens (including phenoxy) is 3. The molecule has 27 heavy (non-hydrogen) atoms. The van der Waals surface area contributed by atoms with Crippen LogP contribution in [0, 0.1) is 12.8 Å².